The minimum Gasteiger partial charge on any atom is -0.493 e. The molecule has 212 valence electrons. The average Bonchev–Trinajstić information content (AvgIpc) is 3.26. The van der Waals surface area contributed by atoms with Crippen molar-refractivity contribution >= 4 is 40.3 Å². The van der Waals surface area contributed by atoms with Crippen molar-refractivity contribution in [3.8, 4) is 11.5 Å². The van der Waals surface area contributed by atoms with Crippen LogP contribution >= 0.6 is 11.8 Å². The van der Waals surface area contributed by atoms with Crippen LogP contribution in [-0.4, -0.2) is 47.8 Å². The maximum absolute atomic E-state index is 13.4. The summed E-state index contributed by atoms with van der Waals surface area (Å²) < 4.78 is 17.3. The zero-order chi connectivity index (χ0) is 29.2. The first kappa shape index (κ1) is 29.6. The number of allylic oxidation sites excluding steroid dienone is 1. The van der Waals surface area contributed by atoms with Crippen molar-refractivity contribution in [3.63, 3.8) is 0 Å². The molecule has 0 spiro atoms. The second-order valence-electron chi connectivity index (χ2n) is 8.91. The van der Waals surface area contributed by atoms with Crippen LogP contribution in [-0.2, 0) is 22.6 Å². The third-order valence-corrected chi connectivity index (χ3v) is 7.11. The van der Waals surface area contributed by atoms with Gasteiger partial charge in [0.1, 0.15) is 6.61 Å². The van der Waals surface area contributed by atoms with Gasteiger partial charge >= 0.3 is 0 Å². The van der Waals surface area contributed by atoms with Gasteiger partial charge in [0.2, 0.25) is 0 Å². The molecule has 0 aliphatic carbocycles. The smallest absolute Gasteiger partial charge is 0.269 e. The van der Waals surface area contributed by atoms with Crippen LogP contribution in [0.2, 0.25) is 0 Å². The van der Waals surface area contributed by atoms with Crippen molar-refractivity contribution in [1.29, 1.82) is 0 Å². The summed E-state index contributed by atoms with van der Waals surface area (Å²) in [5, 5.41) is 11.5. The molecule has 1 aliphatic rings. The van der Waals surface area contributed by atoms with Crippen LogP contribution < -0.4 is 9.47 Å². The number of amidine groups is 1. The van der Waals surface area contributed by atoms with Crippen LogP contribution in [0.3, 0.4) is 0 Å². The number of nitro groups is 1. The van der Waals surface area contributed by atoms with Crippen molar-refractivity contribution in [2.75, 3.05) is 26.9 Å². The highest BCUT2D eigenvalue weighted by atomic mass is 32.2. The molecule has 0 aromatic heterocycles. The fourth-order valence-corrected chi connectivity index (χ4v) is 5.14. The Hall–Kier alpha value is -4.41. The van der Waals surface area contributed by atoms with Crippen LogP contribution in [0, 0.1) is 10.1 Å². The number of ether oxygens (including phenoxy) is 3. The van der Waals surface area contributed by atoms with E-state index in [1.807, 2.05) is 55.5 Å². The van der Waals surface area contributed by atoms with Gasteiger partial charge in [0.25, 0.3) is 11.6 Å². The second kappa shape index (κ2) is 14.3. The summed E-state index contributed by atoms with van der Waals surface area (Å²) >= 11 is 1.31. The van der Waals surface area contributed by atoms with Gasteiger partial charge in [-0.3, -0.25) is 19.8 Å². The second-order valence-corrected chi connectivity index (χ2v) is 9.92. The molecule has 4 rings (SSSR count). The lowest BCUT2D eigenvalue weighted by atomic mass is 10.0. The predicted octanol–water partition coefficient (Wildman–Crippen LogP) is 6.55. The maximum Gasteiger partial charge on any atom is 0.269 e. The zero-order valence-corrected chi connectivity index (χ0v) is 23.8. The van der Waals surface area contributed by atoms with E-state index in [1.165, 1.54) is 23.9 Å². The van der Waals surface area contributed by atoms with Crippen molar-refractivity contribution in [3.05, 3.63) is 111 Å². The van der Waals surface area contributed by atoms with Gasteiger partial charge in [0.15, 0.2) is 16.7 Å². The van der Waals surface area contributed by atoms with Gasteiger partial charge in [-0.15, -0.1) is 6.58 Å². The van der Waals surface area contributed by atoms with Crippen molar-refractivity contribution in [2.24, 2.45) is 4.99 Å². The van der Waals surface area contributed by atoms with Gasteiger partial charge in [-0.25, -0.2) is 4.99 Å². The first-order chi connectivity index (χ1) is 19.9. The summed E-state index contributed by atoms with van der Waals surface area (Å²) in [5.74, 6) is 0.898. The molecular formula is C31H31N3O6S. The van der Waals surface area contributed by atoms with Crippen LogP contribution in [0.1, 0.15) is 23.6 Å². The summed E-state index contributed by atoms with van der Waals surface area (Å²) in [5.41, 5.74) is 3.15. The lowest BCUT2D eigenvalue weighted by Gasteiger charge is -2.16. The monoisotopic (exact) mass is 573 g/mol. The third-order valence-electron chi connectivity index (χ3n) is 6.10. The van der Waals surface area contributed by atoms with E-state index in [1.54, 1.807) is 30.2 Å². The number of non-ortho nitro benzene ring substituents is 1. The first-order valence-electron chi connectivity index (χ1n) is 13.0. The number of amides is 1. The summed E-state index contributed by atoms with van der Waals surface area (Å²) in [6, 6.07) is 19.5. The lowest BCUT2D eigenvalue weighted by Crippen LogP contribution is -2.32. The van der Waals surface area contributed by atoms with E-state index >= 15 is 0 Å². The highest BCUT2D eigenvalue weighted by Crippen LogP contribution is 2.38. The molecule has 1 fully saturated rings. The highest BCUT2D eigenvalue weighted by Gasteiger charge is 2.33. The van der Waals surface area contributed by atoms with Crippen LogP contribution in [0.5, 0.6) is 11.5 Å². The fraction of sp³-hybridized carbons (Fsp3) is 0.226. The number of methoxy groups -OCH3 is 1. The number of hydrogen-bond donors (Lipinski definition) is 0. The van der Waals surface area contributed by atoms with Crippen molar-refractivity contribution < 1.29 is 23.9 Å². The number of hydrogen-bond acceptors (Lipinski definition) is 8. The molecule has 0 radical (unpaired) electrons. The molecule has 9 nitrogen and oxygen atoms in total. The molecule has 3 aromatic rings. The Morgan fingerprint density at radius 3 is 2.54 bits per heavy atom. The molecule has 1 amide bonds. The molecule has 1 aliphatic heterocycles. The van der Waals surface area contributed by atoms with Gasteiger partial charge in [0, 0.05) is 24.3 Å². The summed E-state index contributed by atoms with van der Waals surface area (Å²) in [6.45, 7) is 7.34. The van der Waals surface area contributed by atoms with Crippen molar-refractivity contribution in [1.82, 2.24) is 4.90 Å². The fourth-order valence-electron chi connectivity index (χ4n) is 4.11. The van der Waals surface area contributed by atoms with Crippen LogP contribution in [0.4, 0.5) is 11.4 Å². The Balaban J connectivity index is 1.62. The van der Waals surface area contributed by atoms with E-state index < -0.39 is 4.92 Å². The van der Waals surface area contributed by atoms with Gasteiger partial charge in [-0.2, -0.15) is 0 Å². The highest BCUT2D eigenvalue weighted by molar-refractivity contribution is 8.18. The standard InChI is InChI=1S/C31H31N3O6S/c1-4-9-24-18-23(19-27(38-3)29(24)40-21-22-12-14-26(15-13-22)34(36)37)20-28-30(35)33(16-17-39-5-2)31(41-28)32-25-10-7-6-8-11-25/h4,6-8,10-15,18-20H,1,5,9,16-17,21H2,2-3H3/b28-20-,32-31?. The van der Waals surface area contributed by atoms with Crippen LogP contribution in [0.25, 0.3) is 6.08 Å². The largest absolute Gasteiger partial charge is 0.493 e. The number of carbonyl (C=O) groups excluding carboxylic acids is 1. The molecule has 3 aromatic carbocycles. The number of nitrogens with zero attached hydrogens (tertiary/aromatic N) is 3. The molecule has 0 N–H and O–H groups in total. The molecule has 41 heavy (non-hydrogen) atoms. The van der Waals surface area contributed by atoms with E-state index in [0.29, 0.717) is 47.8 Å². The lowest BCUT2D eigenvalue weighted by molar-refractivity contribution is -0.384. The zero-order valence-electron chi connectivity index (χ0n) is 22.9. The summed E-state index contributed by atoms with van der Waals surface area (Å²) in [6.07, 6.45) is 4.09. The SMILES string of the molecule is C=CCc1cc(/C=C2\SC(=Nc3ccccc3)N(CCOCC)C2=O)cc(OC)c1OCc1ccc([N+](=O)[O-])cc1. The van der Waals surface area contributed by atoms with Gasteiger partial charge < -0.3 is 14.2 Å². The summed E-state index contributed by atoms with van der Waals surface area (Å²) in [7, 11) is 1.55. The van der Waals surface area contributed by atoms with E-state index in [-0.39, 0.29) is 18.2 Å². The minimum atomic E-state index is -0.439. The Morgan fingerprint density at radius 2 is 1.88 bits per heavy atom. The molecule has 0 unspecified atom stereocenters. The molecule has 1 heterocycles. The number of rotatable bonds is 13. The number of aliphatic imine (C=N–C) groups is 1. The molecule has 0 saturated carbocycles. The topological polar surface area (TPSA) is 104 Å². The first-order valence-corrected chi connectivity index (χ1v) is 13.9. The van der Waals surface area contributed by atoms with E-state index in [9.17, 15) is 14.9 Å². The van der Waals surface area contributed by atoms with E-state index in [4.69, 9.17) is 19.2 Å². The van der Waals surface area contributed by atoms with E-state index in [0.717, 1.165) is 22.4 Å². The number of benzene rings is 3. The quantitative estimate of drug-likeness (QED) is 0.0751. The number of para-hydroxylation sites is 1. The molecular weight excluding hydrogens is 542 g/mol. The third kappa shape index (κ3) is 7.62. The van der Waals surface area contributed by atoms with Crippen molar-refractivity contribution in [2.45, 2.75) is 20.0 Å². The number of thioether (sulfide) groups is 1. The number of nitro benzene ring substituents is 1. The normalized spacial score (nSPS) is 15.0. The minimum absolute atomic E-state index is 0.0174. The summed E-state index contributed by atoms with van der Waals surface area (Å²) in [4.78, 5) is 30.8. The van der Waals surface area contributed by atoms with E-state index in [2.05, 4.69) is 6.58 Å². The molecule has 10 heteroatoms. The predicted molar refractivity (Wildman–Crippen MR) is 162 cm³/mol. The number of carbonyl (C=O) groups is 1. The Labute approximate surface area is 243 Å². The Kier molecular flexibility index (Phi) is 10.3. The maximum atomic E-state index is 13.4. The molecule has 1 saturated heterocycles. The average molecular weight is 574 g/mol. The molecule has 0 atom stereocenters. The Bertz CT molecular complexity index is 1450. The Morgan fingerprint density at radius 1 is 1.12 bits per heavy atom. The van der Waals surface area contributed by atoms with Gasteiger partial charge in [-0.05, 0) is 78.7 Å². The molecule has 0 bridgehead atoms. The van der Waals surface area contributed by atoms with Crippen LogP contribution in [0.15, 0.2) is 89.3 Å². The van der Waals surface area contributed by atoms with Gasteiger partial charge in [-0.1, -0.05) is 24.3 Å². The van der Waals surface area contributed by atoms with Gasteiger partial charge in [0.05, 0.1) is 35.8 Å².